The molecule has 2 atom stereocenters. The van der Waals surface area contributed by atoms with Crippen LogP contribution >= 0.6 is 11.8 Å². The highest BCUT2D eigenvalue weighted by molar-refractivity contribution is 8.00. The van der Waals surface area contributed by atoms with Gasteiger partial charge in [-0.05, 0) is 6.07 Å². The predicted molar refractivity (Wildman–Crippen MR) is 67.4 cm³/mol. The molecular formula is C12H17NO2S. The third-order valence-electron chi connectivity index (χ3n) is 2.67. The molecule has 0 N–H and O–H groups in total. The Morgan fingerprint density at radius 1 is 1.38 bits per heavy atom. The molecule has 1 aliphatic heterocycles. The second-order valence-corrected chi connectivity index (χ2v) is 6.24. The van der Waals surface area contributed by atoms with Crippen LogP contribution in [0.5, 0.6) is 0 Å². The lowest BCUT2D eigenvalue weighted by Crippen LogP contribution is -2.40. The first-order valence-corrected chi connectivity index (χ1v) is 6.51. The van der Waals surface area contributed by atoms with Crippen LogP contribution in [0.3, 0.4) is 0 Å². The molecule has 2 unspecified atom stereocenters. The van der Waals surface area contributed by atoms with Crippen molar-refractivity contribution in [2.24, 2.45) is 0 Å². The quantitative estimate of drug-likeness (QED) is 0.743. The average molecular weight is 239 g/mol. The van der Waals surface area contributed by atoms with Crippen LogP contribution in [0.4, 0.5) is 5.88 Å². The van der Waals surface area contributed by atoms with Crippen LogP contribution in [0.25, 0.3) is 0 Å². The van der Waals surface area contributed by atoms with Gasteiger partial charge in [0, 0.05) is 36.6 Å². The number of ketones is 1. The summed E-state index contributed by atoms with van der Waals surface area (Å²) in [5.74, 6) is 1.26. The molecule has 2 rings (SSSR count). The Morgan fingerprint density at radius 2 is 2.00 bits per heavy atom. The summed E-state index contributed by atoms with van der Waals surface area (Å²) in [7, 11) is 0. The number of anilines is 1. The molecular weight excluding hydrogens is 222 g/mol. The number of Topliss-reactive ketones (excluding diaryl/α,β-unsaturated/α-hetero) is 1. The summed E-state index contributed by atoms with van der Waals surface area (Å²) < 4.78 is 5.55. The van der Waals surface area contributed by atoms with Crippen molar-refractivity contribution in [2.45, 2.75) is 31.3 Å². The topological polar surface area (TPSA) is 33.5 Å². The van der Waals surface area contributed by atoms with E-state index in [1.165, 1.54) is 6.92 Å². The lowest BCUT2D eigenvalue weighted by atomic mass is 10.3. The van der Waals surface area contributed by atoms with Crippen molar-refractivity contribution in [1.82, 2.24) is 0 Å². The Balaban J connectivity index is 2.13. The Labute approximate surface area is 100 Å². The normalized spacial score (nSPS) is 25.8. The van der Waals surface area contributed by atoms with Crippen molar-refractivity contribution in [1.29, 1.82) is 0 Å². The largest absolute Gasteiger partial charge is 0.437 e. The Bertz CT molecular complexity index is 378. The zero-order valence-corrected chi connectivity index (χ0v) is 10.7. The molecule has 0 saturated carbocycles. The van der Waals surface area contributed by atoms with Gasteiger partial charge < -0.3 is 9.32 Å². The highest BCUT2D eigenvalue weighted by atomic mass is 32.2. The van der Waals surface area contributed by atoms with Crippen LogP contribution in [0.15, 0.2) is 16.5 Å². The Hall–Kier alpha value is -0.900. The van der Waals surface area contributed by atoms with Crippen molar-refractivity contribution >= 4 is 23.4 Å². The standard InChI is InChI=1S/C12H17NO2S/c1-8-6-13(7-9(2)16-8)12-5-4-11(15-12)10(3)14/h4-5,8-9H,6-7H2,1-3H3. The molecule has 3 nitrogen and oxygen atoms in total. The molecule has 0 radical (unpaired) electrons. The second-order valence-electron chi connectivity index (χ2n) is 4.36. The van der Waals surface area contributed by atoms with Crippen LogP contribution in [-0.4, -0.2) is 29.4 Å². The molecule has 0 aliphatic carbocycles. The third kappa shape index (κ3) is 2.43. The van der Waals surface area contributed by atoms with E-state index in [4.69, 9.17) is 4.42 Å². The number of carbonyl (C=O) groups is 1. The van der Waals surface area contributed by atoms with E-state index in [9.17, 15) is 4.79 Å². The van der Waals surface area contributed by atoms with Gasteiger partial charge in [0.1, 0.15) is 0 Å². The molecule has 1 aliphatic rings. The summed E-state index contributed by atoms with van der Waals surface area (Å²) in [6, 6.07) is 3.65. The predicted octanol–water partition coefficient (Wildman–Crippen LogP) is 2.81. The van der Waals surface area contributed by atoms with Gasteiger partial charge in [-0.15, -0.1) is 0 Å². The fourth-order valence-electron chi connectivity index (χ4n) is 2.04. The third-order valence-corrected chi connectivity index (χ3v) is 3.90. The molecule has 0 amide bonds. The summed E-state index contributed by atoms with van der Waals surface area (Å²) in [5.41, 5.74) is 0. The zero-order valence-electron chi connectivity index (χ0n) is 9.90. The molecule has 0 aromatic carbocycles. The van der Waals surface area contributed by atoms with E-state index >= 15 is 0 Å². The van der Waals surface area contributed by atoms with E-state index in [1.807, 2.05) is 17.8 Å². The maximum atomic E-state index is 11.2. The molecule has 1 saturated heterocycles. The first-order chi connectivity index (χ1) is 7.56. The van der Waals surface area contributed by atoms with E-state index in [1.54, 1.807) is 6.07 Å². The number of thioether (sulfide) groups is 1. The van der Waals surface area contributed by atoms with Gasteiger partial charge in [-0.25, -0.2) is 0 Å². The van der Waals surface area contributed by atoms with Gasteiger partial charge in [-0.2, -0.15) is 11.8 Å². The summed E-state index contributed by atoms with van der Waals surface area (Å²) in [6.45, 7) is 7.95. The molecule has 1 fully saturated rings. The SMILES string of the molecule is CC(=O)c1ccc(N2CC(C)SC(C)C2)o1. The number of hydrogen-bond donors (Lipinski definition) is 0. The van der Waals surface area contributed by atoms with E-state index in [0.717, 1.165) is 19.0 Å². The lowest BCUT2D eigenvalue weighted by Gasteiger charge is -2.34. The van der Waals surface area contributed by atoms with Gasteiger partial charge in [-0.3, -0.25) is 4.79 Å². The van der Waals surface area contributed by atoms with Gasteiger partial charge in [0.15, 0.2) is 17.4 Å². The fraction of sp³-hybridized carbons (Fsp3) is 0.583. The maximum Gasteiger partial charge on any atom is 0.196 e. The molecule has 0 bridgehead atoms. The van der Waals surface area contributed by atoms with Crippen molar-refractivity contribution in [2.75, 3.05) is 18.0 Å². The lowest BCUT2D eigenvalue weighted by molar-refractivity contribution is 0.0988. The number of hydrogen-bond acceptors (Lipinski definition) is 4. The number of rotatable bonds is 2. The summed E-state index contributed by atoms with van der Waals surface area (Å²) >= 11 is 2.00. The molecule has 1 aromatic rings. The molecule has 4 heteroatoms. The van der Waals surface area contributed by atoms with Gasteiger partial charge in [0.05, 0.1) is 0 Å². The highest BCUT2D eigenvalue weighted by Crippen LogP contribution is 2.29. The monoisotopic (exact) mass is 239 g/mol. The van der Waals surface area contributed by atoms with E-state index in [-0.39, 0.29) is 5.78 Å². The highest BCUT2D eigenvalue weighted by Gasteiger charge is 2.24. The zero-order chi connectivity index (χ0) is 11.7. The smallest absolute Gasteiger partial charge is 0.196 e. The molecule has 16 heavy (non-hydrogen) atoms. The Kier molecular flexibility index (Phi) is 3.28. The summed E-state index contributed by atoms with van der Waals surface area (Å²) in [4.78, 5) is 13.4. The second kappa shape index (κ2) is 4.53. The van der Waals surface area contributed by atoms with E-state index in [2.05, 4.69) is 18.7 Å². The summed E-state index contributed by atoms with van der Waals surface area (Å²) in [6.07, 6.45) is 0. The minimum atomic E-state index is -0.0151. The maximum absolute atomic E-state index is 11.2. The van der Waals surface area contributed by atoms with Gasteiger partial charge >= 0.3 is 0 Å². The minimum Gasteiger partial charge on any atom is -0.437 e. The minimum absolute atomic E-state index is 0.0151. The van der Waals surface area contributed by atoms with Crippen molar-refractivity contribution in [3.63, 3.8) is 0 Å². The Morgan fingerprint density at radius 3 is 2.50 bits per heavy atom. The van der Waals surface area contributed by atoms with Crippen LogP contribution < -0.4 is 4.90 Å². The number of nitrogens with zero attached hydrogens (tertiary/aromatic N) is 1. The van der Waals surface area contributed by atoms with Crippen LogP contribution in [0.2, 0.25) is 0 Å². The number of carbonyl (C=O) groups excluding carboxylic acids is 1. The van der Waals surface area contributed by atoms with Gasteiger partial charge in [-0.1, -0.05) is 13.8 Å². The van der Waals surface area contributed by atoms with E-state index in [0.29, 0.717) is 16.3 Å². The van der Waals surface area contributed by atoms with E-state index < -0.39 is 0 Å². The van der Waals surface area contributed by atoms with Crippen molar-refractivity contribution in [3.05, 3.63) is 17.9 Å². The van der Waals surface area contributed by atoms with Crippen molar-refractivity contribution < 1.29 is 9.21 Å². The van der Waals surface area contributed by atoms with Crippen molar-refractivity contribution in [3.8, 4) is 0 Å². The average Bonchev–Trinajstić information content (AvgIpc) is 2.64. The van der Waals surface area contributed by atoms with Crippen LogP contribution in [0.1, 0.15) is 31.3 Å². The van der Waals surface area contributed by atoms with Crippen LogP contribution in [0, 0.1) is 0 Å². The van der Waals surface area contributed by atoms with Gasteiger partial charge in [0.2, 0.25) is 0 Å². The molecule has 0 spiro atoms. The fourth-order valence-corrected chi connectivity index (χ4v) is 3.37. The first kappa shape index (κ1) is 11.6. The molecule has 2 heterocycles. The van der Waals surface area contributed by atoms with Crippen LogP contribution in [-0.2, 0) is 0 Å². The first-order valence-electron chi connectivity index (χ1n) is 5.57. The van der Waals surface area contributed by atoms with Gasteiger partial charge in [0.25, 0.3) is 0 Å². The molecule has 88 valence electrons. The number of furan rings is 1. The molecule has 1 aromatic heterocycles. The summed E-state index contributed by atoms with van der Waals surface area (Å²) in [5, 5.41) is 1.21.